The van der Waals surface area contributed by atoms with Crippen molar-refractivity contribution in [3.05, 3.63) is 64.2 Å². The summed E-state index contributed by atoms with van der Waals surface area (Å²) in [6, 6.07) is 11.5. The quantitative estimate of drug-likeness (QED) is 0.531. The Morgan fingerprint density at radius 2 is 1.80 bits per heavy atom. The maximum absolute atomic E-state index is 12.7. The lowest BCUT2D eigenvalue weighted by molar-refractivity contribution is 0.102. The number of hydrogen-bond donors (Lipinski definition) is 2. The molecule has 0 aliphatic carbocycles. The van der Waals surface area contributed by atoms with Crippen LogP contribution in [0.3, 0.4) is 0 Å². The van der Waals surface area contributed by atoms with Crippen molar-refractivity contribution in [2.75, 3.05) is 10.0 Å². The Morgan fingerprint density at radius 1 is 1.07 bits per heavy atom. The van der Waals surface area contributed by atoms with E-state index in [2.05, 4.69) is 27.2 Å². The number of benzene rings is 2. The molecule has 0 atom stereocenters. The topological polar surface area (TPSA) is 101 Å². The predicted molar refractivity (Wildman–Crippen MR) is 120 cm³/mol. The van der Waals surface area contributed by atoms with Crippen LogP contribution in [-0.4, -0.2) is 24.5 Å². The molecule has 1 aromatic heterocycles. The van der Waals surface area contributed by atoms with E-state index >= 15 is 0 Å². The van der Waals surface area contributed by atoms with E-state index in [4.69, 9.17) is 0 Å². The summed E-state index contributed by atoms with van der Waals surface area (Å²) in [5.74, 6) is -0.322. The maximum Gasteiger partial charge on any atom is 0.262 e. The fourth-order valence-electron chi connectivity index (χ4n) is 2.80. The fraction of sp³-hybridized carbons (Fsp3) is 0.286. The van der Waals surface area contributed by atoms with Crippen LogP contribution in [0.5, 0.6) is 0 Å². The van der Waals surface area contributed by atoms with E-state index in [1.807, 2.05) is 13.0 Å². The number of rotatable bonds is 8. The van der Waals surface area contributed by atoms with Gasteiger partial charge in [-0.05, 0) is 61.7 Å². The Balaban J connectivity index is 1.67. The van der Waals surface area contributed by atoms with Crippen LogP contribution in [0.1, 0.15) is 46.3 Å². The van der Waals surface area contributed by atoms with E-state index in [0.717, 1.165) is 29.8 Å². The van der Waals surface area contributed by atoms with Crippen LogP contribution in [0, 0.1) is 13.8 Å². The number of aromatic nitrogens is 2. The molecule has 0 unspecified atom stereocenters. The summed E-state index contributed by atoms with van der Waals surface area (Å²) in [4.78, 5) is 12.7. The van der Waals surface area contributed by atoms with Crippen LogP contribution in [0.2, 0.25) is 0 Å². The van der Waals surface area contributed by atoms with Crippen molar-refractivity contribution < 1.29 is 13.2 Å². The van der Waals surface area contributed by atoms with Crippen LogP contribution in [0.4, 0.5) is 10.8 Å². The molecule has 0 spiro atoms. The Morgan fingerprint density at radius 3 is 2.50 bits per heavy atom. The molecule has 30 heavy (non-hydrogen) atoms. The second kappa shape index (κ2) is 9.36. The van der Waals surface area contributed by atoms with Gasteiger partial charge in [-0.2, -0.15) is 0 Å². The van der Waals surface area contributed by atoms with Gasteiger partial charge in [0.25, 0.3) is 15.9 Å². The highest BCUT2D eigenvalue weighted by Gasteiger charge is 2.17. The molecule has 0 radical (unpaired) electrons. The van der Waals surface area contributed by atoms with Gasteiger partial charge in [0.05, 0.1) is 4.90 Å². The second-order valence-electron chi connectivity index (χ2n) is 7.01. The first-order valence-electron chi connectivity index (χ1n) is 9.62. The largest absolute Gasteiger partial charge is 0.296 e. The van der Waals surface area contributed by atoms with E-state index in [1.165, 1.54) is 11.3 Å². The first-order chi connectivity index (χ1) is 14.3. The summed E-state index contributed by atoms with van der Waals surface area (Å²) >= 11 is 1.36. The first kappa shape index (κ1) is 21.9. The molecule has 0 aliphatic rings. The lowest BCUT2D eigenvalue weighted by Crippen LogP contribution is -2.15. The second-order valence-corrected chi connectivity index (χ2v) is 9.72. The number of carbonyl (C=O) groups is 1. The van der Waals surface area contributed by atoms with Crippen molar-refractivity contribution in [2.24, 2.45) is 0 Å². The smallest absolute Gasteiger partial charge is 0.262 e. The van der Waals surface area contributed by atoms with Gasteiger partial charge in [-0.25, -0.2) is 8.42 Å². The molecule has 2 N–H and O–H groups in total. The number of anilines is 2. The Hall–Kier alpha value is -2.78. The summed E-state index contributed by atoms with van der Waals surface area (Å²) in [5, 5.41) is 12.1. The third kappa shape index (κ3) is 5.43. The van der Waals surface area contributed by atoms with E-state index < -0.39 is 10.0 Å². The average Bonchev–Trinajstić information content (AvgIpc) is 3.15. The van der Waals surface area contributed by atoms with Gasteiger partial charge in [0, 0.05) is 17.7 Å². The normalized spacial score (nSPS) is 11.3. The van der Waals surface area contributed by atoms with Gasteiger partial charge in [-0.3, -0.25) is 14.8 Å². The zero-order valence-corrected chi connectivity index (χ0v) is 18.7. The molecule has 0 aliphatic heterocycles. The molecule has 0 saturated heterocycles. The standard InChI is InChI=1S/C21H24N4O3S2/c1-4-5-6-19-23-24-21(29-19)22-20(26)16-9-11-17(12-10-16)25-30(27,28)18-13-14(2)7-8-15(18)3/h7-13,25H,4-6H2,1-3H3,(H,22,24,26). The highest BCUT2D eigenvalue weighted by Crippen LogP contribution is 2.22. The molecule has 3 aromatic rings. The highest BCUT2D eigenvalue weighted by atomic mass is 32.2. The summed E-state index contributed by atoms with van der Waals surface area (Å²) in [5.41, 5.74) is 2.31. The zero-order valence-electron chi connectivity index (χ0n) is 17.1. The van der Waals surface area contributed by atoms with Crippen LogP contribution >= 0.6 is 11.3 Å². The Bertz CT molecular complexity index is 1140. The minimum atomic E-state index is -3.72. The van der Waals surface area contributed by atoms with E-state index in [1.54, 1.807) is 43.3 Å². The number of unbranched alkanes of at least 4 members (excludes halogenated alkanes) is 1. The van der Waals surface area contributed by atoms with Gasteiger partial charge >= 0.3 is 0 Å². The number of nitrogens with zero attached hydrogens (tertiary/aromatic N) is 2. The fourth-order valence-corrected chi connectivity index (χ4v) is 4.96. The molecule has 158 valence electrons. The number of nitrogens with one attached hydrogen (secondary N) is 2. The molecule has 0 bridgehead atoms. The molecule has 0 saturated carbocycles. The van der Waals surface area contributed by atoms with Gasteiger partial charge < -0.3 is 0 Å². The molecule has 3 rings (SSSR count). The van der Waals surface area contributed by atoms with Crippen LogP contribution in [0.15, 0.2) is 47.4 Å². The van der Waals surface area contributed by atoms with Gasteiger partial charge in [0.15, 0.2) is 0 Å². The number of amides is 1. The molecule has 0 fully saturated rings. The number of hydrogen-bond acceptors (Lipinski definition) is 6. The van der Waals surface area contributed by atoms with Crippen molar-refractivity contribution in [1.29, 1.82) is 0 Å². The molecular formula is C21H24N4O3S2. The minimum Gasteiger partial charge on any atom is -0.296 e. The number of carbonyl (C=O) groups excluding carboxylic acids is 1. The summed E-state index contributed by atoms with van der Waals surface area (Å²) in [7, 11) is -3.72. The van der Waals surface area contributed by atoms with Crippen molar-refractivity contribution in [3.8, 4) is 0 Å². The SMILES string of the molecule is CCCCc1nnc(NC(=O)c2ccc(NS(=O)(=O)c3cc(C)ccc3C)cc2)s1. The van der Waals surface area contributed by atoms with Crippen LogP contribution in [0.25, 0.3) is 0 Å². The third-order valence-electron chi connectivity index (χ3n) is 4.46. The minimum absolute atomic E-state index is 0.236. The first-order valence-corrected chi connectivity index (χ1v) is 11.9. The molecule has 1 amide bonds. The molecular weight excluding hydrogens is 420 g/mol. The van der Waals surface area contributed by atoms with E-state index in [9.17, 15) is 13.2 Å². The number of sulfonamides is 1. The van der Waals surface area contributed by atoms with Crippen LogP contribution < -0.4 is 10.0 Å². The predicted octanol–water partition coefficient (Wildman–Crippen LogP) is 4.55. The molecule has 2 aromatic carbocycles. The van der Waals surface area contributed by atoms with Crippen LogP contribution in [-0.2, 0) is 16.4 Å². The molecule has 7 nitrogen and oxygen atoms in total. The Kier molecular flexibility index (Phi) is 6.84. The lowest BCUT2D eigenvalue weighted by atomic mass is 10.2. The van der Waals surface area contributed by atoms with Crippen molar-refractivity contribution in [2.45, 2.75) is 44.9 Å². The summed E-state index contributed by atoms with van der Waals surface area (Å²) in [6.07, 6.45) is 2.95. The maximum atomic E-state index is 12.7. The monoisotopic (exact) mass is 444 g/mol. The average molecular weight is 445 g/mol. The van der Waals surface area contributed by atoms with Crippen molar-refractivity contribution >= 4 is 38.1 Å². The van der Waals surface area contributed by atoms with Gasteiger partial charge in [-0.15, -0.1) is 10.2 Å². The molecule has 1 heterocycles. The van der Waals surface area contributed by atoms with Gasteiger partial charge in [0.1, 0.15) is 5.01 Å². The van der Waals surface area contributed by atoms with Crippen molar-refractivity contribution in [3.63, 3.8) is 0 Å². The van der Waals surface area contributed by atoms with Crippen molar-refractivity contribution in [1.82, 2.24) is 10.2 Å². The van der Waals surface area contributed by atoms with Gasteiger partial charge in [-0.1, -0.05) is 36.8 Å². The summed E-state index contributed by atoms with van der Waals surface area (Å²) < 4.78 is 28.0. The van der Waals surface area contributed by atoms with E-state index in [-0.39, 0.29) is 10.8 Å². The molecule has 9 heteroatoms. The lowest BCUT2D eigenvalue weighted by Gasteiger charge is -2.11. The zero-order chi connectivity index (χ0) is 21.7. The van der Waals surface area contributed by atoms with Gasteiger partial charge in [0.2, 0.25) is 5.13 Å². The highest BCUT2D eigenvalue weighted by molar-refractivity contribution is 7.92. The third-order valence-corrected chi connectivity index (χ3v) is 6.89. The Labute approximate surface area is 180 Å². The summed E-state index contributed by atoms with van der Waals surface area (Å²) in [6.45, 7) is 5.70. The number of aryl methyl sites for hydroxylation is 3. The van der Waals surface area contributed by atoms with E-state index in [0.29, 0.717) is 21.9 Å².